The van der Waals surface area contributed by atoms with Crippen molar-refractivity contribution in [3.05, 3.63) is 24.0 Å². The third-order valence-electron chi connectivity index (χ3n) is 2.44. The molecule has 1 amide bonds. The van der Waals surface area contributed by atoms with E-state index in [0.717, 1.165) is 6.54 Å². The van der Waals surface area contributed by atoms with Gasteiger partial charge >= 0.3 is 0 Å². The van der Waals surface area contributed by atoms with E-state index in [1.165, 1.54) is 6.20 Å². The quantitative estimate of drug-likeness (QED) is 0.557. The lowest BCUT2D eigenvalue weighted by molar-refractivity contribution is 0.0787. The van der Waals surface area contributed by atoms with E-state index in [1.54, 1.807) is 24.2 Å². The van der Waals surface area contributed by atoms with Gasteiger partial charge in [-0.15, -0.1) is 0 Å². The number of nitrogens with two attached hydrogens (primary N) is 1. The van der Waals surface area contributed by atoms with Gasteiger partial charge in [-0.25, -0.2) is 0 Å². The standard InChI is InChI=1S/C11H19N5O/c1-15(2)6-7-16(3)11(17)9-8-13-5-4-10(9)14-12/h4-5,8H,6-7,12H2,1-3H3,(H,13,14). The van der Waals surface area contributed by atoms with E-state index >= 15 is 0 Å². The van der Waals surface area contributed by atoms with E-state index in [-0.39, 0.29) is 5.91 Å². The number of anilines is 1. The Morgan fingerprint density at radius 1 is 1.41 bits per heavy atom. The number of amides is 1. The molecule has 94 valence electrons. The molecular formula is C11H19N5O. The fraction of sp³-hybridized carbons (Fsp3) is 0.455. The first-order valence-corrected chi connectivity index (χ1v) is 5.37. The maximum absolute atomic E-state index is 12.1. The monoisotopic (exact) mass is 237 g/mol. The van der Waals surface area contributed by atoms with Crippen molar-refractivity contribution in [1.29, 1.82) is 0 Å². The van der Waals surface area contributed by atoms with Crippen molar-refractivity contribution in [2.75, 3.05) is 39.7 Å². The molecule has 6 nitrogen and oxygen atoms in total. The van der Waals surface area contributed by atoms with Crippen LogP contribution in [0.25, 0.3) is 0 Å². The highest BCUT2D eigenvalue weighted by molar-refractivity contribution is 5.99. The number of aromatic nitrogens is 1. The van der Waals surface area contributed by atoms with Gasteiger partial charge in [-0.05, 0) is 20.2 Å². The molecule has 0 aromatic carbocycles. The Kier molecular flexibility index (Phi) is 4.86. The van der Waals surface area contributed by atoms with Gasteiger partial charge < -0.3 is 15.2 Å². The van der Waals surface area contributed by atoms with Gasteiger partial charge in [-0.1, -0.05) is 0 Å². The summed E-state index contributed by atoms with van der Waals surface area (Å²) >= 11 is 0. The van der Waals surface area contributed by atoms with Gasteiger partial charge in [0.25, 0.3) is 5.91 Å². The molecule has 0 spiro atoms. The van der Waals surface area contributed by atoms with Gasteiger partial charge in [0, 0.05) is 32.5 Å². The second kappa shape index (κ2) is 6.17. The summed E-state index contributed by atoms with van der Waals surface area (Å²) in [7, 11) is 5.70. The molecule has 1 aromatic heterocycles. The van der Waals surface area contributed by atoms with Crippen LogP contribution < -0.4 is 11.3 Å². The van der Waals surface area contributed by atoms with Crippen molar-refractivity contribution in [3.63, 3.8) is 0 Å². The summed E-state index contributed by atoms with van der Waals surface area (Å²) in [6.45, 7) is 1.47. The molecule has 0 aliphatic heterocycles. The summed E-state index contributed by atoms with van der Waals surface area (Å²) in [5.41, 5.74) is 3.57. The van der Waals surface area contributed by atoms with Crippen LogP contribution in [0.3, 0.4) is 0 Å². The van der Waals surface area contributed by atoms with Gasteiger partial charge in [0.05, 0.1) is 11.3 Å². The van der Waals surface area contributed by atoms with Gasteiger partial charge in [-0.3, -0.25) is 15.6 Å². The van der Waals surface area contributed by atoms with Crippen molar-refractivity contribution in [2.45, 2.75) is 0 Å². The number of carbonyl (C=O) groups is 1. The molecule has 0 unspecified atom stereocenters. The smallest absolute Gasteiger partial charge is 0.257 e. The largest absolute Gasteiger partial charge is 0.340 e. The van der Waals surface area contributed by atoms with Crippen LogP contribution in [-0.4, -0.2) is 54.9 Å². The third kappa shape index (κ3) is 3.69. The zero-order valence-corrected chi connectivity index (χ0v) is 10.5. The zero-order chi connectivity index (χ0) is 12.8. The molecule has 0 radical (unpaired) electrons. The lowest BCUT2D eigenvalue weighted by Crippen LogP contribution is -2.34. The van der Waals surface area contributed by atoms with Crippen molar-refractivity contribution in [3.8, 4) is 0 Å². The number of pyridine rings is 1. The molecule has 1 rings (SSSR count). The number of nitrogen functional groups attached to an aromatic ring is 1. The second-order valence-electron chi connectivity index (χ2n) is 4.10. The summed E-state index contributed by atoms with van der Waals surface area (Å²) in [4.78, 5) is 19.7. The SMILES string of the molecule is CN(C)CCN(C)C(=O)c1cnccc1NN. The Bertz CT molecular complexity index is 380. The Morgan fingerprint density at radius 3 is 2.71 bits per heavy atom. The summed E-state index contributed by atoms with van der Waals surface area (Å²) in [6, 6.07) is 1.67. The van der Waals surface area contributed by atoms with E-state index in [2.05, 4.69) is 10.4 Å². The number of rotatable bonds is 5. The minimum absolute atomic E-state index is 0.0899. The Hall–Kier alpha value is -1.66. The minimum Gasteiger partial charge on any atom is -0.340 e. The molecule has 6 heteroatoms. The van der Waals surface area contributed by atoms with Gasteiger partial charge in [0.15, 0.2) is 0 Å². The predicted octanol–water partition coefficient (Wildman–Crippen LogP) is 0.000800. The van der Waals surface area contributed by atoms with Gasteiger partial charge in [0.2, 0.25) is 0 Å². The van der Waals surface area contributed by atoms with Crippen LogP contribution in [0, 0.1) is 0 Å². The molecule has 0 saturated heterocycles. The van der Waals surface area contributed by atoms with Crippen molar-refractivity contribution in [1.82, 2.24) is 14.8 Å². The molecule has 0 saturated carbocycles. The van der Waals surface area contributed by atoms with Crippen LogP contribution in [0.5, 0.6) is 0 Å². The molecule has 0 aliphatic rings. The van der Waals surface area contributed by atoms with Crippen LogP contribution in [0.4, 0.5) is 5.69 Å². The average molecular weight is 237 g/mol. The molecule has 17 heavy (non-hydrogen) atoms. The van der Waals surface area contributed by atoms with Gasteiger partial charge in [0.1, 0.15) is 0 Å². The lowest BCUT2D eigenvalue weighted by atomic mass is 10.2. The Morgan fingerprint density at radius 2 is 2.12 bits per heavy atom. The highest BCUT2D eigenvalue weighted by Crippen LogP contribution is 2.13. The molecule has 3 N–H and O–H groups in total. The molecule has 0 atom stereocenters. The van der Waals surface area contributed by atoms with Crippen LogP contribution in [-0.2, 0) is 0 Å². The third-order valence-corrected chi connectivity index (χ3v) is 2.44. The fourth-order valence-electron chi connectivity index (χ4n) is 1.35. The van der Waals surface area contributed by atoms with E-state index < -0.39 is 0 Å². The molecule has 0 aliphatic carbocycles. The number of carbonyl (C=O) groups excluding carboxylic acids is 1. The Balaban J connectivity index is 2.74. The normalized spacial score (nSPS) is 10.4. The molecule has 0 fully saturated rings. The van der Waals surface area contributed by atoms with E-state index in [0.29, 0.717) is 17.8 Å². The number of nitrogens with one attached hydrogen (secondary N) is 1. The first-order chi connectivity index (χ1) is 8.06. The van der Waals surface area contributed by atoms with Crippen LogP contribution in [0.1, 0.15) is 10.4 Å². The summed E-state index contributed by atoms with van der Waals surface area (Å²) in [5, 5.41) is 0. The number of hydrogen-bond donors (Lipinski definition) is 2. The molecule has 0 bridgehead atoms. The number of hydrazine groups is 1. The Labute approximate surface area is 101 Å². The summed E-state index contributed by atoms with van der Waals surface area (Å²) < 4.78 is 0. The van der Waals surface area contributed by atoms with Crippen molar-refractivity contribution in [2.24, 2.45) is 5.84 Å². The molecule has 1 heterocycles. The maximum atomic E-state index is 12.1. The number of nitrogens with zero attached hydrogens (tertiary/aromatic N) is 3. The first kappa shape index (κ1) is 13.4. The van der Waals surface area contributed by atoms with Crippen LogP contribution in [0.2, 0.25) is 0 Å². The predicted molar refractivity (Wildman–Crippen MR) is 67.6 cm³/mol. The lowest BCUT2D eigenvalue weighted by Gasteiger charge is -2.20. The number of hydrogen-bond acceptors (Lipinski definition) is 5. The van der Waals surface area contributed by atoms with Crippen molar-refractivity contribution < 1.29 is 4.79 Å². The van der Waals surface area contributed by atoms with E-state index in [1.807, 2.05) is 19.0 Å². The average Bonchev–Trinajstić information content (AvgIpc) is 2.34. The van der Waals surface area contributed by atoms with Crippen LogP contribution >= 0.6 is 0 Å². The minimum atomic E-state index is -0.0899. The number of likely N-dealkylation sites (N-methyl/N-ethyl adjacent to an activating group) is 2. The van der Waals surface area contributed by atoms with E-state index in [9.17, 15) is 4.79 Å². The first-order valence-electron chi connectivity index (χ1n) is 5.37. The van der Waals surface area contributed by atoms with Crippen molar-refractivity contribution >= 4 is 11.6 Å². The fourth-order valence-corrected chi connectivity index (χ4v) is 1.35. The second-order valence-corrected chi connectivity index (χ2v) is 4.10. The topological polar surface area (TPSA) is 74.5 Å². The summed E-state index contributed by atoms with van der Waals surface area (Å²) in [6.07, 6.45) is 3.11. The highest BCUT2D eigenvalue weighted by atomic mass is 16.2. The van der Waals surface area contributed by atoms with Crippen LogP contribution in [0.15, 0.2) is 18.5 Å². The van der Waals surface area contributed by atoms with Gasteiger partial charge in [-0.2, -0.15) is 0 Å². The maximum Gasteiger partial charge on any atom is 0.257 e. The zero-order valence-electron chi connectivity index (χ0n) is 10.5. The summed E-state index contributed by atoms with van der Waals surface area (Å²) in [5.74, 6) is 5.26. The van der Waals surface area contributed by atoms with E-state index in [4.69, 9.17) is 5.84 Å². The highest BCUT2D eigenvalue weighted by Gasteiger charge is 2.15. The molecular weight excluding hydrogens is 218 g/mol. The molecule has 1 aromatic rings.